The number of pyridine rings is 1. The molecule has 1 fully saturated rings. The third-order valence-electron chi connectivity index (χ3n) is 4.20. The van der Waals surface area contributed by atoms with E-state index in [-0.39, 0.29) is 16.7 Å². The van der Waals surface area contributed by atoms with Crippen LogP contribution in [-0.2, 0) is 0 Å². The maximum absolute atomic E-state index is 11.3. The molecule has 2 N–H and O–H groups in total. The van der Waals surface area contributed by atoms with Crippen LogP contribution in [0, 0.1) is 16.0 Å². The number of aromatic nitrogens is 1. The lowest BCUT2D eigenvalue weighted by Crippen LogP contribution is -2.45. The molecule has 1 aromatic rings. The Balaban J connectivity index is 2.38. The monoisotopic (exact) mass is 356 g/mol. The van der Waals surface area contributed by atoms with E-state index in [4.69, 9.17) is 5.73 Å². The molecule has 6 nitrogen and oxygen atoms in total. The van der Waals surface area contributed by atoms with E-state index in [1.165, 1.54) is 12.5 Å². The minimum Gasteiger partial charge on any atom is -0.348 e. The summed E-state index contributed by atoms with van der Waals surface area (Å²) in [5.74, 6) is 0.833. The molecule has 0 aromatic carbocycles. The third-order valence-corrected chi connectivity index (χ3v) is 4.63. The Bertz CT molecular complexity index is 512. The van der Waals surface area contributed by atoms with Crippen LogP contribution in [0.5, 0.6) is 0 Å². The van der Waals surface area contributed by atoms with Crippen molar-refractivity contribution in [3.8, 4) is 0 Å². The van der Waals surface area contributed by atoms with Gasteiger partial charge in [0.1, 0.15) is 0 Å². The number of anilines is 1. The van der Waals surface area contributed by atoms with Crippen LogP contribution in [0.4, 0.5) is 11.5 Å². The summed E-state index contributed by atoms with van der Waals surface area (Å²) in [6.45, 7) is 3.32. The molecule has 2 atom stereocenters. The molecule has 0 radical (unpaired) electrons. The zero-order chi connectivity index (χ0) is 15.4. The maximum atomic E-state index is 11.3. The van der Waals surface area contributed by atoms with Gasteiger partial charge in [-0.05, 0) is 48.2 Å². The van der Waals surface area contributed by atoms with Crippen LogP contribution in [0.15, 0.2) is 16.7 Å². The lowest BCUT2D eigenvalue weighted by molar-refractivity contribution is -0.384. The van der Waals surface area contributed by atoms with Gasteiger partial charge in [0.2, 0.25) is 5.82 Å². The van der Waals surface area contributed by atoms with Gasteiger partial charge in [-0.25, -0.2) is 4.98 Å². The molecule has 116 valence electrons. The van der Waals surface area contributed by atoms with Crippen LogP contribution >= 0.6 is 15.9 Å². The van der Waals surface area contributed by atoms with Crippen molar-refractivity contribution in [2.45, 2.75) is 38.6 Å². The van der Waals surface area contributed by atoms with E-state index in [1.807, 2.05) is 6.92 Å². The highest BCUT2D eigenvalue weighted by molar-refractivity contribution is 9.10. The zero-order valence-electron chi connectivity index (χ0n) is 12.2. The summed E-state index contributed by atoms with van der Waals surface area (Å²) in [7, 11) is 0. The third kappa shape index (κ3) is 3.52. The van der Waals surface area contributed by atoms with Gasteiger partial charge in [0, 0.05) is 29.3 Å². The number of hydrogen-bond donors (Lipinski definition) is 1. The first-order valence-electron chi connectivity index (χ1n) is 7.35. The van der Waals surface area contributed by atoms with Crippen molar-refractivity contribution >= 4 is 27.4 Å². The van der Waals surface area contributed by atoms with Gasteiger partial charge in [-0.3, -0.25) is 10.1 Å². The Kier molecular flexibility index (Phi) is 5.52. The molecule has 21 heavy (non-hydrogen) atoms. The largest absolute Gasteiger partial charge is 0.348 e. The molecule has 0 aliphatic heterocycles. The molecule has 1 heterocycles. The fourth-order valence-electron chi connectivity index (χ4n) is 3.19. The highest BCUT2D eigenvalue weighted by Gasteiger charge is 2.32. The van der Waals surface area contributed by atoms with E-state index in [2.05, 4.69) is 25.8 Å². The number of nitro groups is 1. The molecule has 2 rings (SSSR count). The fourth-order valence-corrected chi connectivity index (χ4v) is 3.51. The normalized spacial score (nSPS) is 22.0. The summed E-state index contributed by atoms with van der Waals surface area (Å²) in [6.07, 6.45) is 6.05. The van der Waals surface area contributed by atoms with E-state index in [9.17, 15) is 10.1 Å². The molecule has 0 amide bonds. The van der Waals surface area contributed by atoms with Gasteiger partial charge in [-0.1, -0.05) is 12.8 Å². The molecular weight excluding hydrogens is 336 g/mol. The molecule has 2 unspecified atom stereocenters. The predicted octanol–water partition coefficient (Wildman–Crippen LogP) is 3.10. The molecule has 1 aromatic heterocycles. The number of nitrogens with two attached hydrogens (primary N) is 1. The number of rotatable bonds is 5. The maximum Gasteiger partial charge on any atom is 0.312 e. The SMILES string of the molecule is CCN(c1ncc(Br)cc1[N+](=O)[O-])C1CCCCC1CN. The second-order valence-corrected chi connectivity index (χ2v) is 6.30. The Morgan fingerprint density at radius 3 is 2.86 bits per heavy atom. The van der Waals surface area contributed by atoms with E-state index in [1.54, 1.807) is 6.20 Å². The Morgan fingerprint density at radius 2 is 2.24 bits per heavy atom. The minimum absolute atomic E-state index is 0.0487. The summed E-state index contributed by atoms with van der Waals surface area (Å²) in [6, 6.07) is 1.76. The Hall–Kier alpha value is -1.21. The standard InChI is InChI=1S/C14H21BrN4O2/c1-2-18(12-6-4-3-5-10(12)8-16)14-13(19(20)21)7-11(15)9-17-14/h7,9-10,12H,2-6,8,16H2,1H3. The summed E-state index contributed by atoms with van der Waals surface area (Å²) in [4.78, 5) is 17.3. The van der Waals surface area contributed by atoms with Gasteiger partial charge >= 0.3 is 5.69 Å². The predicted molar refractivity (Wildman–Crippen MR) is 86.4 cm³/mol. The second-order valence-electron chi connectivity index (χ2n) is 5.39. The van der Waals surface area contributed by atoms with Crippen LogP contribution < -0.4 is 10.6 Å². The summed E-state index contributed by atoms with van der Waals surface area (Å²) >= 11 is 3.25. The average Bonchev–Trinajstić information content (AvgIpc) is 2.49. The van der Waals surface area contributed by atoms with E-state index in [0.717, 1.165) is 19.3 Å². The molecule has 0 bridgehead atoms. The van der Waals surface area contributed by atoms with Crippen LogP contribution in [0.1, 0.15) is 32.6 Å². The molecule has 0 saturated heterocycles. The van der Waals surface area contributed by atoms with Gasteiger partial charge in [0.05, 0.1) is 4.92 Å². The van der Waals surface area contributed by atoms with Crippen molar-refractivity contribution in [1.29, 1.82) is 0 Å². The lowest BCUT2D eigenvalue weighted by atomic mass is 9.83. The quantitative estimate of drug-likeness (QED) is 0.647. The topological polar surface area (TPSA) is 85.3 Å². The first-order valence-corrected chi connectivity index (χ1v) is 8.14. The van der Waals surface area contributed by atoms with Gasteiger partial charge in [-0.15, -0.1) is 0 Å². The smallest absolute Gasteiger partial charge is 0.312 e. The van der Waals surface area contributed by atoms with Crippen molar-refractivity contribution in [2.75, 3.05) is 18.0 Å². The van der Waals surface area contributed by atoms with Crippen LogP contribution in [0.25, 0.3) is 0 Å². The lowest BCUT2D eigenvalue weighted by Gasteiger charge is -2.39. The highest BCUT2D eigenvalue weighted by Crippen LogP contribution is 2.35. The summed E-state index contributed by atoms with van der Waals surface area (Å²) in [5, 5.41) is 11.3. The van der Waals surface area contributed by atoms with Crippen LogP contribution in [0.2, 0.25) is 0 Å². The summed E-state index contributed by atoms with van der Waals surface area (Å²) in [5.41, 5.74) is 5.95. The van der Waals surface area contributed by atoms with E-state index in [0.29, 0.717) is 29.3 Å². The molecular formula is C14H21BrN4O2. The zero-order valence-corrected chi connectivity index (χ0v) is 13.8. The van der Waals surface area contributed by atoms with Crippen molar-refractivity contribution in [2.24, 2.45) is 11.7 Å². The van der Waals surface area contributed by atoms with Crippen molar-refractivity contribution in [3.63, 3.8) is 0 Å². The van der Waals surface area contributed by atoms with Gasteiger partial charge in [0.15, 0.2) is 0 Å². The second kappa shape index (κ2) is 7.17. The minimum atomic E-state index is -0.365. The Labute approximate surface area is 133 Å². The van der Waals surface area contributed by atoms with Crippen molar-refractivity contribution in [1.82, 2.24) is 4.98 Å². The number of hydrogen-bond acceptors (Lipinski definition) is 5. The first kappa shape index (κ1) is 16.2. The average molecular weight is 357 g/mol. The van der Waals surface area contributed by atoms with Gasteiger partial charge in [0.25, 0.3) is 0 Å². The number of halogens is 1. The molecule has 0 spiro atoms. The molecule has 1 saturated carbocycles. The summed E-state index contributed by atoms with van der Waals surface area (Å²) < 4.78 is 0.619. The van der Waals surface area contributed by atoms with E-state index >= 15 is 0 Å². The molecule has 1 aliphatic carbocycles. The van der Waals surface area contributed by atoms with Crippen molar-refractivity contribution < 1.29 is 4.92 Å². The van der Waals surface area contributed by atoms with Gasteiger partial charge < -0.3 is 10.6 Å². The fraction of sp³-hybridized carbons (Fsp3) is 0.643. The van der Waals surface area contributed by atoms with Crippen LogP contribution in [-0.4, -0.2) is 29.0 Å². The first-order chi connectivity index (χ1) is 10.1. The van der Waals surface area contributed by atoms with Gasteiger partial charge in [-0.2, -0.15) is 0 Å². The van der Waals surface area contributed by atoms with Crippen LogP contribution in [0.3, 0.4) is 0 Å². The molecule has 1 aliphatic rings. The number of nitrogens with zero attached hydrogens (tertiary/aromatic N) is 3. The Morgan fingerprint density at radius 1 is 1.52 bits per heavy atom. The highest BCUT2D eigenvalue weighted by atomic mass is 79.9. The van der Waals surface area contributed by atoms with Crippen molar-refractivity contribution in [3.05, 3.63) is 26.9 Å². The molecule has 7 heteroatoms. The van der Waals surface area contributed by atoms with E-state index < -0.39 is 0 Å².